The smallest absolute Gasteiger partial charge is 0.326 e. The van der Waals surface area contributed by atoms with Gasteiger partial charge in [-0.05, 0) is 24.6 Å². The molecule has 0 radical (unpaired) electrons. The maximum atomic E-state index is 12.6. The number of benzene rings is 2. The van der Waals surface area contributed by atoms with Crippen LogP contribution in [0.2, 0.25) is 0 Å². The van der Waals surface area contributed by atoms with Gasteiger partial charge in [0.2, 0.25) is 0 Å². The van der Waals surface area contributed by atoms with Gasteiger partial charge in [0.25, 0.3) is 11.6 Å². The molecule has 0 spiro atoms. The minimum Gasteiger partial charge on any atom is -0.326 e. The largest absolute Gasteiger partial charge is 0.416 e. The number of hydrogen-bond acceptors (Lipinski definition) is 3. The Morgan fingerprint density at radius 3 is 2.37 bits per heavy atom. The van der Waals surface area contributed by atoms with Crippen LogP contribution in [-0.2, 0) is 17.5 Å². The molecule has 0 bridgehead atoms. The number of carbonyl (C=O) groups excluding carboxylic acids is 1. The average Bonchev–Trinajstić information content (AvgIpc) is 2.56. The maximum absolute atomic E-state index is 12.6. The van der Waals surface area contributed by atoms with E-state index in [0.29, 0.717) is 23.4 Å². The first-order chi connectivity index (χ1) is 12.6. The molecule has 0 aromatic heterocycles. The summed E-state index contributed by atoms with van der Waals surface area (Å²) in [5.41, 5.74) is 0.870. The summed E-state index contributed by atoms with van der Waals surface area (Å²) in [5.74, 6) is -0.344. The molecule has 0 fully saturated rings. The number of nitrogens with zero attached hydrogens (tertiary/aromatic N) is 1. The number of aryl methyl sites for hydroxylation is 1. The van der Waals surface area contributed by atoms with Crippen molar-refractivity contribution in [1.82, 2.24) is 0 Å². The van der Waals surface area contributed by atoms with Crippen LogP contribution >= 0.6 is 0 Å². The monoisotopic (exact) mass is 382 g/mol. The van der Waals surface area contributed by atoms with Gasteiger partial charge in [0, 0.05) is 17.7 Å². The van der Waals surface area contributed by atoms with Gasteiger partial charge in [-0.15, -0.1) is 0 Å². The predicted octanol–water partition coefficient (Wildman–Crippen LogP) is 2.58. The fraction of sp³-hybridized carbons (Fsp3) is 0.278. The van der Waals surface area contributed by atoms with Crippen molar-refractivity contribution in [2.45, 2.75) is 19.6 Å². The summed E-state index contributed by atoms with van der Waals surface area (Å²) in [4.78, 5) is 23.2. The third-order valence-corrected chi connectivity index (χ3v) is 3.96. The van der Waals surface area contributed by atoms with E-state index in [1.165, 1.54) is 24.3 Å². The predicted molar refractivity (Wildman–Crippen MR) is 93.4 cm³/mol. The van der Waals surface area contributed by atoms with Gasteiger partial charge in [-0.1, -0.05) is 18.2 Å². The number of carbonyl (C=O) groups is 1. The zero-order valence-corrected chi connectivity index (χ0v) is 14.8. The minimum atomic E-state index is -4.38. The van der Waals surface area contributed by atoms with Gasteiger partial charge >= 0.3 is 6.18 Å². The average molecular weight is 382 g/mol. The molecule has 1 unspecified atom stereocenters. The van der Waals surface area contributed by atoms with Crippen molar-refractivity contribution in [2.75, 3.05) is 18.9 Å². The fourth-order valence-electron chi connectivity index (χ4n) is 2.55. The Balaban J connectivity index is 1.96. The standard InChI is InChI=1S/C18H18F3N3O3/c1-12-3-8-15(24(26)27)9-16(12)22-17(25)11-23(2)10-13-4-6-14(7-5-13)18(19,20)21/h3-9H,10-11H2,1-2H3,(H,22,25)/p+1. The quantitative estimate of drug-likeness (QED) is 0.596. The number of nitrogens with one attached hydrogen (secondary N) is 2. The summed E-state index contributed by atoms with van der Waals surface area (Å²) in [6.45, 7) is 2.14. The number of rotatable bonds is 6. The SMILES string of the molecule is Cc1ccc([N+](=O)[O-])cc1NC(=O)C[NH+](C)Cc1ccc(C(F)(F)F)cc1. The van der Waals surface area contributed by atoms with Crippen LogP contribution < -0.4 is 10.2 Å². The van der Waals surface area contributed by atoms with Gasteiger partial charge in [0.15, 0.2) is 6.54 Å². The Morgan fingerprint density at radius 1 is 1.19 bits per heavy atom. The number of nitro groups is 1. The number of quaternary nitrogens is 1. The van der Waals surface area contributed by atoms with Crippen molar-refractivity contribution in [3.8, 4) is 0 Å². The van der Waals surface area contributed by atoms with E-state index in [9.17, 15) is 28.1 Å². The summed E-state index contributed by atoms with van der Waals surface area (Å²) in [5, 5.41) is 13.5. The number of anilines is 1. The maximum Gasteiger partial charge on any atom is 0.416 e. The van der Waals surface area contributed by atoms with Crippen molar-refractivity contribution in [2.24, 2.45) is 0 Å². The highest BCUT2D eigenvalue weighted by molar-refractivity contribution is 5.92. The van der Waals surface area contributed by atoms with Crippen molar-refractivity contribution >= 4 is 17.3 Å². The number of hydrogen-bond donors (Lipinski definition) is 2. The highest BCUT2D eigenvalue weighted by Gasteiger charge is 2.30. The van der Waals surface area contributed by atoms with E-state index in [1.54, 1.807) is 20.0 Å². The molecule has 2 aromatic rings. The molecule has 9 heteroatoms. The Bertz CT molecular complexity index is 836. The lowest BCUT2D eigenvalue weighted by Gasteiger charge is -2.15. The van der Waals surface area contributed by atoms with Gasteiger partial charge in [-0.25, -0.2) is 0 Å². The first-order valence-electron chi connectivity index (χ1n) is 8.08. The Labute approximate surface area is 153 Å². The zero-order valence-electron chi connectivity index (χ0n) is 14.8. The molecular weight excluding hydrogens is 363 g/mol. The fourth-order valence-corrected chi connectivity index (χ4v) is 2.55. The van der Waals surface area contributed by atoms with Crippen LogP contribution in [0, 0.1) is 17.0 Å². The summed E-state index contributed by atoms with van der Waals surface area (Å²) < 4.78 is 37.7. The van der Waals surface area contributed by atoms with Gasteiger partial charge < -0.3 is 10.2 Å². The van der Waals surface area contributed by atoms with E-state index in [1.807, 2.05) is 0 Å². The van der Waals surface area contributed by atoms with Crippen LogP contribution in [0.15, 0.2) is 42.5 Å². The van der Waals surface area contributed by atoms with E-state index in [-0.39, 0.29) is 18.1 Å². The lowest BCUT2D eigenvalue weighted by Crippen LogP contribution is -3.08. The molecule has 0 saturated heterocycles. The molecule has 144 valence electrons. The third-order valence-electron chi connectivity index (χ3n) is 3.96. The second-order valence-electron chi connectivity index (χ2n) is 6.31. The Hall–Kier alpha value is -2.94. The molecule has 27 heavy (non-hydrogen) atoms. The van der Waals surface area contributed by atoms with E-state index >= 15 is 0 Å². The Kier molecular flexibility index (Phi) is 6.17. The second kappa shape index (κ2) is 8.17. The number of alkyl halides is 3. The van der Waals surface area contributed by atoms with E-state index in [4.69, 9.17) is 0 Å². The van der Waals surface area contributed by atoms with Crippen molar-refractivity contribution in [3.63, 3.8) is 0 Å². The molecular formula is C18H19F3N3O3+. The van der Waals surface area contributed by atoms with Crippen LogP contribution in [-0.4, -0.2) is 24.4 Å². The van der Waals surface area contributed by atoms with Gasteiger partial charge in [-0.2, -0.15) is 13.2 Å². The molecule has 1 atom stereocenters. The lowest BCUT2D eigenvalue weighted by atomic mass is 10.1. The molecule has 6 nitrogen and oxygen atoms in total. The summed E-state index contributed by atoms with van der Waals surface area (Å²) in [6, 6.07) is 8.98. The molecule has 0 aliphatic heterocycles. The van der Waals surface area contributed by atoms with Gasteiger partial charge in [0.1, 0.15) is 6.54 Å². The van der Waals surface area contributed by atoms with E-state index in [0.717, 1.165) is 17.0 Å². The minimum absolute atomic E-state index is 0.0587. The third kappa shape index (κ3) is 5.78. The van der Waals surface area contributed by atoms with E-state index in [2.05, 4.69) is 5.32 Å². The molecule has 1 amide bonds. The second-order valence-corrected chi connectivity index (χ2v) is 6.31. The Morgan fingerprint density at radius 2 is 1.81 bits per heavy atom. The van der Waals surface area contributed by atoms with Crippen LogP contribution in [0.5, 0.6) is 0 Å². The molecule has 0 aliphatic carbocycles. The zero-order chi connectivity index (χ0) is 20.2. The highest BCUT2D eigenvalue weighted by atomic mass is 19.4. The number of non-ortho nitro benzene ring substituents is 1. The van der Waals surface area contributed by atoms with E-state index < -0.39 is 16.7 Å². The molecule has 0 heterocycles. The molecule has 2 rings (SSSR count). The number of nitro benzene ring substituents is 1. The van der Waals surface area contributed by atoms with Crippen LogP contribution in [0.3, 0.4) is 0 Å². The molecule has 2 N–H and O–H groups in total. The number of likely N-dealkylation sites (N-methyl/N-ethyl adjacent to an activating group) is 1. The topological polar surface area (TPSA) is 76.7 Å². The van der Waals surface area contributed by atoms with Crippen LogP contribution in [0.4, 0.5) is 24.5 Å². The summed E-state index contributed by atoms with van der Waals surface area (Å²) >= 11 is 0. The lowest BCUT2D eigenvalue weighted by molar-refractivity contribution is -0.885. The van der Waals surface area contributed by atoms with Crippen LogP contribution in [0.25, 0.3) is 0 Å². The number of amides is 1. The normalized spacial score (nSPS) is 12.5. The van der Waals surface area contributed by atoms with Crippen molar-refractivity contribution in [1.29, 1.82) is 0 Å². The first-order valence-corrected chi connectivity index (χ1v) is 8.08. The van der Waals surface area contributed by atoms with Crippen molar-refractivity contribution < 1.29 is 27.8 Å². The molecule has 0 aliphatic rings. The summed E-state index contributed by atoms with van der Waals surface area (Å²) in [6.07, 6.45) is -4.38. The summed E-state index contributed by atoms with van der Waals surface area (Å²) in [7, 11) is 1.73. The number of halogens is 3. The molecule has 2 aromatic carbocycles. The first kappa shape index (κ1) is 20.4. The molecule has 0 saturated carbocycles. The van der Waals surface area contributed by atoms with Gasteiger partial charge in [-0.3, -0.25) is 14.9 Å². The van der Waals surface area contributed by atoms with Crippen molar-refractivity contribution in [3.05, 3.63) is 69.3 Å². The van der Waals surface area contributed by atoms with Gasteiger partial charge in [0.05, 0.1) is 23.2 Å². The highest BCUT2D eigenvalue weighted by Crippen LogP contribution is 2.29. The van der Waals surface area contributed by atoms with Crippen LogP contribution in [0.1, 0.15) is 16.7 Å².